The highest BCUT2D eigenvalue weighted by atomic mass is 32.1. The summed E-state index contributed by atoms with van der Waals surface area (Å²) < 4.78 is 6.06. The standard InChI is InChI=1S/C23H26N6O4S/c1-12-4-6-17(13-5-7-18-16(8-13)28-23(25-2)34-18)29(11-12)22(32)20(31)27-14-9-15(19(24)30)21(33-3)26-10-14/h5,7-10,12,17H,4,6,11H2,1-3H3,(H2,24,30)(H,25,28)(H,27,31). The number of rotatable bonds is 5. The number of nitrogens with two attached hydrogens (primary N) is 1. The first-order valence-electron chi connectivity index (χ1n) is 10.8. The van der Waals surface area contributed by atoms with Crippen molar-refractivity contribution in [3.63, 3.8) is 0 Å². The zero-order chi connectivity index (χ0) is 24.4. The number of nitrogens with zero attached hydrogens (tertiary/aromatic N) is 3. The Morgan fingerprint density at radius 1 is 1.24 bits per heavy atom. The molecule has 0 bridgehead atoms. The molecule has 1 aromatic carbocycles. The number of carbonyl (C=O) groups excluding carboxylic acids is 3. The summed E-state index contributed by atoms with van der Waals surface area (Å²) in [4.78, 5) is 47.9. The van der Waals surface area contributed by atoms with E-state index >= 15 is 0 Å². The smallest absolute Gasteiger partial charge is 0.313 e. The number of methoxy groups -OCH3 is 1. The van der Waals surface area contributed by atoms with Crippen molar-refractivity contribution in [2.45, 2.75) is 25.8 Å². The summed E-state index contributed by atoms with van der Waals surface area (Å²) in [6.45, 7) is 2.52. The van der Waals surface area contributed by atoms with Gasteiger partial charge in [-0.1, -0.05) is 24.3 Å². The minimum absolute atomic E-state index is 0.00900. The third kappa shape index (κ3) is 4.65. The Balaban J connectivity index is 1.58. The van der Waals surface area contributed by atoms with E-state index in [1.165, 1.54) is 19.4 Å². The highest BCUT2D eigenvalue weighted by Gasteiger charge is 2.34. The molecule has 3 heterocycles. The van der Waals surface area contributed by atoms with Gasteiger partial charge in [-0.15, -0.1) is 0 Å². The van der Waals surface area contributed by atoms with Crippen LogP contribution in [0.25, 0.3) is 10.2 Å². The monoisotopic (exact) mass is 482 g/mol. The van der Waals surface area contributed by atoms with Crippen LogP contribution < -0.4 is 21.1 Å². The maximum atomic E-state index is 13.2. The zero-order valence-electron chi connectivity index (χ0n) is 19.1. The van der Waals surface area contributed by atoms with Gasteiger partial charge in [-0.2, -0.15) is 0 Å². The maximum Gasteiger partial charge on any atom is 0.313 e. The van der Waals surface area contributed by atoms with E-state index < -0.39 is 17.7 Å². The number of piperidine rings is 1. The van der Waals surface area contributed by atoms with E-state index in [1.807, 2.05) is 25.2 Å². The number of nitrogens with one attached hydrogen (secondary N) is 2. The normalized spacial score (nSPS) is 17.9. The molecule has 4 N–H and O–H groups in total. The number of fused-ring (bicyclic) bond motifs is 1. The SMILES string of the molecule is CNc1nc2cc(C3CCC(C)CN3C(=O)C(=O)Nc3cnc(OC)c(C(N)=O)c3)ccc2s1. The average molecular weight is 483 g/mol. The molecule has 1 aliphatic rings. The van der Waals surface area contributed by atoms with Gasteiger partial charge >= 0.3 is 11.8 Å². The van der Waals surface area contributed by atoms with Gasteiger partial charge in [-0.05, 0) is 42.5 Å². The van der Waals surface area contributed by atoms with Crippen LogP contribution in [0.2, 0.25) is 0 Å². The minimum atomic E-state index is -0.811. The number of thiazole rings is 1. The molecule has 0 saturated carbocycles. The van der Waals surface area contributed by atoms with Crippen LogP contribution in [0.5, 0.6) is 5.88 Å². The van der Waals surface area contributed by atoms with Crippen molar-refractivity contribution in [1.82, 2.24) is 14.9 Å². The fraction of sp³-hybridized carbons (Fsp3) is 0.348. The fourth-order valence-electron chi connectivity index (χ4n) is 4.16. The summed E-state index contributed by atoms with van der Waals surface area (Å²) in [6.07, 6.45) is 2.99. The summed E-state index contributed by atoms with van der Waals surface area (Å²) >= 11 is 1.56. The predicted octanol–water partition coefficient (Wildman–Crippen LogP) is 2.78. The lowest BCUT2D eigenvalue weighted by Gasteiger charge is -2.38. The second-order valence-corrected chi connectivity index (χ2v) is 9.28. The number of ether oxygens (including phenoxy) is 1. The molecule has 178 valence electrons. The van der Waals surface area contributed by atoms with Gasteiger partial charge in [0.25, 0.3) is 5.91 Å². The van der Waals surface area contributed by atoms with E-state index in [0.29, 0.717) is 6.54 Å². The molecule has 34 heavy (non-hydrogen) atoms. The summed E-state index contributed by atoms with van der Waals surface area (Å²) in [5.41, 5.74) is 7.34. The summed E-state index contributed by atoms with van der Waals surface area (Å²) in [6, 6.07) is 7.07. The van der Waals surface area contributed by atoms with Gasteiger partial charge in [0.05, 0.1) is 35.3 Å². The Hall–Kier alpha value is -3.73. The maximum absolute atomic E-state index is 13.2. The molecule has 0 spiro atoms. The second-order valence-electron chi connectivity index (χ2n) is 8.25. The Morgan fingerprint density at radius 3 is 2.74 bits per heavy atom. The van der Waals surface area contributed by atoms with Gasteiger partial charge in [0.2, 0.25) is 5.88 Å². The van der Waals surface area contributed by atoms with Crippen molar-refractivity contribution in [3.05, 3.63) is 41.6 Å². The first kappa shape index (κ1) is 23.4. The summed E-state index contributed by atoms with van der Waals surface area (Å²) in [5, 5.41) is 6.41. The van der Waals surface area contributed by atoms with E-state index in [0.717, 1.165) is 33.8 Å². The molecule has 1 fully saturated rings. The number of pyridine rings is 1. The molecular formula is C23H26N6O4S. The van der Waals surface area contributed by atoms with Crippen LogP contribution in [0, 0.1) is 5.92 Å². The van der Waals surface area contributed by atoms with Crippen molar-refractivity contribution >= 4 is 50.1 Å². The Morgan fingerprint density at radius 2 is 2.03 bits per heavy atom. The number of hydrogen-bond acceptors (Lipinski definition) is 8. The van der Waals surface area contributed by atoms with Crippen LogP contribution in [0.4, 0.5) is 10.8 Å². The highest BCUT2D eigenvalue weighted by molar-refractivity contribution is 7.22. The molecule has 1 aliphatic heterocycles. The van der Waals surface area contributed by atoms with Crippen molar-refractivity contribution in [1.29, 1.82) is 0 Å². The largest absolute Gasteiger partial charge is 0.480 e. The van der Waals surface area contributed by atoms with Crippen LogP contribution in [-0.2, 0) is 9.59 Å². The van der Waals surface area contributed by atoms with E-state index in [9.17, 15) is 14.4 Å². The number of amides is 3. The van der Waals surface area contributed by atoms with Crippen molar-refractivity contribution in [3.8, 4) is 5.88 Å². The molecule has 0 radical (unpaired) electrons. The molecule has 1 saturated heterocycles. The van der Waals surface area contributed by atoms with Crippen LogP contribution in [0.1, 0.15) is 41.7 Å². The lowest BCUT2D eigenvalue weighted by molar-refractivity contribution is -0.146. The number of likely N-dealkylation sites (tertiary alicyclic amines) is 1. The number of primary amides is 1. The quantitative estimate of drug-likeness (QED) is 0.475. The van der Waals surface area contributed by atoms with Crippen LogP contribution in [-0.4, -0.2) is 53.3 Å². The number of anilines is 2. The summed E-state index contributed by atoms with van der Waals surface area (Å²) in [5.74, 6) is -1.91. The molecular weight excluding hydrogens is 456 g/mol. The Bertz CT molecular complexity index is 1260. The molecule has 2 unspecified atom stereocenters. The van der Waals surface area contributed by atoms with Crippen molar-refractivity contribution in [2.75, 3.05) is 31.3 Å². The first-order valence-corrected chi connectivity index (χ1v) is 11.7. The highest BCUT2D eigenvalue weighted by Crippen LogP contribution is 2.36. The van der Waals surface area contributed by atoms with Crippen LogP contribution in [0.3, 0.4) is 0 Å². The van der Waals surface area contributed by atoms with Gasteiger partial charge in [0.15, 0.2) is 5.13 Å². The first-order chi connectivity index (χ1) is 16.3. The van der Waals surface area contributed by atoms with Gasteiger partial charge in [-0.3, -0.25) is 14.4 Å². The van der Waals surface area contributed by atoms with E-state index in [2.05, 4.69) is 27.5 Å². The third-order valence-corrected chi connectivity index (χ3v) is 6.90. The fourth-order valence-corrected chi connectivity index (χ4v) is 4.96. The average Bonchev–Trinajstić information content (AvgIpc) is 3.26. The van der Waals surface area contributed by atoms with E-state index in [1.54, 1.807) is 16.2 Å². The third-order valence-electron chi connectivity index (χ3n) is 5.85. The van der Waals surface area contributed by atoms with Gasteiger partial charge in [0, 0.05) is 13.6 Å². The molecule has 10 nitrogen and oxygen atoms in total. The lowest BCUT2D eigenvalue weighted by Crippen LogP contribution is -2.46. The van der Waals surface area contributed by atoms with E-state index in [4.69, 9.17) is 10.5 Å². The van der Waals surface area contributed by atoms with Crippen molar-refractivity contribution in [2.24, 2.45) is 11.7 Å². The summed E-state index contributed by atoms with van der Waals surface area (Å²) in [7, 11) is 3.18. The molecule has 0 aliphatic carbocycles. The molecule has 3 amide bonds. The number of aromatic nitrogens is 2. The topological polar surface area (TPSA) is 140 Å². The number of benzene rings is 1. The molecule has 4 rings (SSSR count). The van der Waals surface area contributed by atoms with Crippen molar-refractivity contribution < 1.29 is 19.1 Å². The number of hydrogen-bond donors (Lipinski definition) is 3. The van der Waals surface area contributed by atoms with Gasteiger partial charge < -0.3 is 26.0 Å². The molecule has 2 atom stereocenters. The van der Waals surface area contributed by atoms with Gasteiger partial charge in [0.1, 0.15) is 5.56 Å². The van der Waals surface area contributed by atoms with E-state index in [-0.39, 0.29) is 29.1 Å². The van der Waals surface area contributed by atoms with Crippen LogP contribution in [0.15, 0.2) is 30.5 Å². The lowest BCUT2D eigenvalue weighted by atomic mass is 9.89. The van der Waals surface area contributed by atoms with Crippen LogP contribution >= 0.6 is 11.3 Å². The molecule has 11 heteroatoms. The zero-order valence-corrected chi connectivity index (χ0v) is 19.9. The number of carbonyl (C=O) groups is 3. The Labute approximate surface area is 200 Å². The van der Waals surface area contributed by atoms with Gasteiger partial charge in [-0.25, -0.2) is 9.97 Å². The predicted molar refractivity (Wildman–Crippen MR) is 130 cm³/mol. The minimum Gasteiger partial charge on any atom is -0.480 e. The second kappa shape index (κ2) is 9.64. The Kier molecular flexibility index (Phi) is 6.64. The molecule has 2 aromatic heterocycles. The molecule has 3 aromatic rings.